The molecule has 0 bridgehead atoms. The number of amides is 1. The number of hydrazone groups is 1. The van der Waals surface area contributed by atoms with Crippen LogP contribution in [0.5, 0.6) is 0 Å². The van der Waals surface area contributed by atoms with Crippen LogP contribution in [0.3, 0.4) is 0 Å². The van der Waals surface area contributed by atoms with Crippen molar-refractivity contribution in [2.24, 2.45) is 5.10 Å². The van der Waals surface area contributed by atoms with Crippen LogP contribution in [-0.2, 0) is 4.79 Å². The Hall–Kier alpha value is -1.91. The van der Waals surface area contributed by atoms with Gasteiger partial charge in [0.05, 0.1) is 11.9 Å². The first kappa shape index (κ1) is 13.5. The van der Waals surface area contributed by atoms with Crippen molar-refractivity contribution in [2.75, 3.05) is 18.0 Å². The Morgan fingerprint density at radius 1 is 1.42 bits per heavy atom. The average molecular weight is 263 g/mol. The normalized spacial score (nSPS) is 15.2. The zero-order valence-corrected chi connectivity index (χ0v) is 11.2. The molecule has 1 saturated heterocycles. The van der Waals surface area contributed by atoms with E-state index in [9.17, 15) is 9.18 Å². The van der Waals surface area contributed by atoms with Gasteiger partial charge in [-0.1, -0.05) is 0 Å². The van der Waals surface area contributed by atoms with Crippen LogP contribution in [0.4, 0.5) is 10.1 Å². The lowest BCUT2D eigenvalue weighted by molar-refractivity contribution is -0.118. The van der Waals surface area contributed by atoms with Gasteiger partial charge in [0.1, 0.15) is 5.82 Å². The highest BCUT2D eigenvalue weighted by Crippen LogP contribution is 2.26. The third kappa shape index (κ3) is 3.30. The molecule has 0 unspecified atom stereocenters. The maximum absolute atomic E-state index is 14.1. The highest BCUT2D eigenvalue weighted by molar-refractivity contribution is 5.84. The van der Waals surface area contributed by atoms with Crippen molar-refractivity contribution in [1.29, 1.82) is 0 Å². The number of aryl methyl sites for hydroxylation is 1. The smallest absolute Gasteiger partial charge is 0.236 e. The molecule has 0 aliphatic carbocycles. The van der Waals surface area contributed by atoms with E-state index >= 15 is 0 Å². The number of halogens is 1. The zero-order valence-electron chi connectivity index (χ0n) is 11.2. The summed E-state index contributed by atoms with van der Waals surface area (Å²) in [5, 5.41) is 3.77. The number of carbonyl (C=O) groups excluding carboxylic acids is 1. The van der Waals surface area contributed by atoms with E-state index in [4.69, 9.17) is 0 Å². The average Bonchev–Trinajstić information content (AvgIpc) is 2.86. The lowest BCUT2D eigenvalue weighted by Crippen LogP contribution is -2.19. The molecule has 1 heterocycles. The van der Waals surface area contributed by atoms with Crippen LogP contribution in [0.1, 0.15) is 30.9 Å². The summed E-state index contributed by atoms with van der Waals surface area (Å²) >= 11 is 0. The fourth-order valence-corrected chi connectivity index (χ4v) is 2.21. The Morgan fingerprint density at radius 3 is 2.74 bits per heavy atom. The number of benzene rings is 1. The van der Waals surface area contributed by atoms with Crippen LogP contribution >= 0.6 is 0 Å². The molecular formula is C14H18FN3O. The molecule has 1 aromatic rings. The van der Waals surface area contributed by atoms with Gasteiger partial charge in [0.2, 0.25) is 5.91 Å². The highest BCUT2D eigenvalue weighted by atomic mass is 19.1. The maximum Gasteiger partial charge on any atom is 0.236 e. The molecular weight excluding hydrogens is 245 g/mol. The third-order valence-corrected chi connectivity index (χ3v) is 3.21. The largest absolute Gasteiger partial charge is 0.369 e. The Kier molecular flexibility index (Phi) is 4.14. The second-order valence-corrected chi connectivity index (χ2v) is 4.78. The molecule has 0 atom stereocenters. The Balaban J connectivity index is 2.21. The van der Waals surface area contributed by atoms with Crippen molar-refractivity contribution < 1.29 is 9.18 Å². The molecule has 1 amide bonds. The molecule has 19 heavy (non-hydrogen) atoms. The first-order valence-corrected chi connectivity index (χ1v) is 6.42. The van der Waals surface area contributed by atoms with E-state index < -0.39 is 0 Å². The standard InChI is InChI=1S/C14H18FN3O/c1-10-7-14(18-5-3-4-6-18)13(15)8-12(10)9-16-17-11(2)19/h7-9H,3-6H2,1-2H3,(H,17,19). The van der Waals surface area contributed by atoms with Gasteiger partial charge in [-0.15, -0.1) is 0 Å². The molecule has 0 radical (unpaired) electrons. The van der Waals surface area contributed by atoms with Crippen molar-refractivity contribution in [3.05, 3.63) is 29.1 Å². The molecule has 5 heteroatoms. The Labute approximate surface area is 112 Å². The molecule has 1 fully saturated rings. The third-order valence-electron chi connectivity index (χ3n) is 3.21. The van der Waals surface area contributed by atoms with E-state index in [1.807, 2.05) is 13.0 Å². The molecule has 0 spiro atoms. The summed E-state index contributed by atoms with van der Waals surface area (Å²) in [4.78, 5) is 12.8. The molecule has 2 rings (SSSR count). The topological polar surface area (TPSA) is 44.7 Å². The van der Waals surface area contributed by atoms with Crippen LogP contribution < -0.4 is 10.3 Å². The summed E-state index contributed by atoms with van der Waals surface area (Å²) in [7, 11) is 0. The van der Waals surface area contributed by atoms with Gasteiger partial charge in [-0.25, -0.2) is 9.82 Å². The minimum Gasteiger partial charge on any atom is -0.369 e. The molecule has 102 valence electrons. The summed E-state index contributed by atoms with van der Waals surface area (Å²) in [6, 6.07) is 3.31. The number of hydrogen-bond donors (Lipinski definition) is 1. The van der Waals surface area contributed by atoms with Crippen molar-refractivity contribution in [3.8, 4) is 0 Å². The van der Waals surface area contributed by atoms with Gasteiger partial charge in [-0.3, -0.25) is 4.79 Å². The quantitative estimate of drug-likeness (QED) is 0.671. The van der Waals surface area contributed by atoms with E-state index in [0.717, 1.165) is 31.5 Å². The molecule has 4 nitrogen and oxygen atoms in total. The molecule has 1 aromatic carbocycles. The Morgan fingerprint density at radius 2 is 2.11 bits per heavy atom. The van der Waals surface area contributed by atoms with Gasteiger partial charge >= 0.3 is 0 Å². The number of anilines is 1. The minimum atomic E-state index is -0.247. The monoisotopic (exact) mass is 263 g/mol. The number of hydrogen-bond acceptors (Lipinski definition) is 3. The number of nitrogens with zero attached hydrogens (tertiary/aromatic N) is 2. The highest BCUT2D eigenvalue weighted by Gasteiger charge is 2.17. The zero-order chi connectivity index (χ0) is 13.8. The number of nitrogens with one attached hydrogen (secondary N) is 1. The van der Waals surface area contributed by atoms with E-state index in [1.165, 1.54) is 19.2 Å². The van der Waals surface area contributed by atoms with Crippen molar-refractivity contribution >= 4 is 17.8 Å². The molecule has 1 N–H and O–H groups in total. The fourth-order valence-electron chi connectivity index (χ4n) is 2.21. The Bertz CT molecular complexity index is 508. The SMILES string of the molecule is CC(=O)NN=Cc1cc(F)c(N2CCCC2)cc1C. The summed E-state index contributed by atoms with van der Waals surface area (Å²) < 4.78 is 14.1. The lowest BCUT2D eigenvalue weighted by Gasteiger charge is -2.19. The predicted octanol–water partition coefficient (Wildman–Crippen LogP) is 2.20. The van der Waals surface area contributed by atoms with Gasteiger partial charge in [0.15, 0.2) is 0 Å². The van der Waals surface area contributed by atoms with Gasteiger partial charge in [0.25, 0.3) is 0 Å². The van der Waals surface area contributed by atoms with Crippen LogP contribution in [0.15, 0.2) is 17.2 Å². The van der Waals surface area contributed by atoms with Gasteiger partial charge < -0.3 is 4.90 Å². The molecule has 1 aliphatic heterocycles. The van der Waals surface area contributed by atoms with Gasteiger partial charge in [-0.2, -0.15) is 5.10 Å². The van der Waals surface area contributed by atoms with E-state index in [2.05, 4.69) is 15.4 Å². The van der Waals surface area contributed by atoms with E-state index in [1.54, 1.807) is 0 Å². The summed E-state index contributed by atoms with van der Waals surface area (Å²) in [5.41, 5.74) is 4.58. The molecule has 1 aliphatic rings. The van der Waals surface area contributed by atoms with Crippen molar-refractivity contribution in [3.63, 3.8) is 0 Å². The lowest BCUT2D eigenvalue weighted by atomic mass is 10.1. The summed E-state index contributed by atoms with van der Waals surface area (Å²) in [6.45, 7) is 5.11. The minimum absolute atomic E-state index is 0.239. The van der Waals surface area contributed by atoms with E-state index in [0.29, 0.717) is 11.3 Å². The summed E-state index contributed by atoms with van der Waals surface area (Å²) in [5.74, 6) is -0.486. The fraction of sp³-hybridized carbons (Fsp3) is 0.429. The first-order valence-electron chi connectivity index (χ1n) is 6.42. The maximum atomic E-state index is 14.1. The van der Waals surface area contributed by atoms with E-state index in [-0.39, 0.29) is 11.7 Å². The molecule has 0 aromatic heterocycles. The van der Waals surface area contributed by atoms with Gasteiger partial charge in [0, 0.05) is 25.6 Å². The second-order valence-electron chi connectivity index (χ2n) is 4.78. The number of carbonyl (C=O) groups is 1. The predicted molar refractivity (Wildman–Crippen MR) is 74.0 cm³/mol. The van der Waals surface area contributed by atoms with Crippen molar-refractivity contribution in [1.82, 2.24) is 5.43 Å². The van der Waals surface area contributed by atoms with Gasteiger partial charge in [-0.05, 0) is 37.5 Å². The second kappa shape index (κ2) is 5.82. The van der Waals surface area contributed by atoms with Crippen LogP contribution in [-0.4, -0.2) is 25.2 Å². The molecule has 0 saturated carbocycles. The number of rotatable bonds is 3. The summed E-state index contributed by atoms with van der Waals surface area (Å²) in [6.07, 6.45) is 3.70. The van der Waals surface area contributed by atoms with Crippen LogP contribution in [0.25, 0.3) is 0 Å². The first-order chi connectivity index (χ1) is 9.08. The van der Waals surface area contributed by atoms with Crippen LogP contribution in [0, 0.1) is 12.7 Å². The van der Waals surface area contributed by atoms with Crippen molar-refractivity contribution in [2.45, 2.75) is 26.7 Å². The van der Waals surface area contributed by atoms with Crippen LogP contribution in [0.2, 0.25) is 0 Å².